The van der Waals surface area contributed by atoms with Crippen molar-refractivity contribution in [3.8, 4) is 6.07 Å². The predicted octanol–water partition coefficient (Wildman–Crippen LogP) is 3.42. The van der Waals surface area contributed by atoms with Gasteiger partial charge in [0, 0.05) is 17.3 Å². The molecule has 7 heteroatoms. The normalized spacial score (nSPS) is 15.1. The Labute approximate surface area is 159 Å². The molecule has 0 aliphatic heterocycles. The molecule has 0 atom stereocenters. The lowest BCUT2D eigenvalue weighted by atomic mass is 9.96. The van der Waals surface area contributed by atoms with Gasteiger partial charge in [0.2, 0.25) is 10.0 Å². The van der Waals surface area contributed by atoms with Gasteiger partial charge in [-0.15, -0.1) is 0 Å². The first kappa shape index (κ1) is 19.1. The van der Waals surface area contributed by atoms with Gasteiger partial charge in [-0.1, -0.05) is 31.4 Å². The number of nitrogens with zero attached hydrogens (tertiary/aromatic N) is 1. The number of sulfonamides is 1. The Morgan fingerprint density at radius 3 is 2.52 bits per heavy atom. The number of carbonyl (C=O) groups is 1. The van der Waals surface area contributed by atoms with Crippen LogP contribution in [0.5, 0.6) is 0 Å². The maximum atomic E-state index is 12.6. The van der Waals surface area contributed by atoms with Crippen molar-refractivity contribution in [2.24, 2.45) is 0 Å². The number of benzene rings is 2. The molecule has 2 aromatic carbocycles. The fourth-order valence-electron chi connectivity index (χ4n) is 3.18. The van der Waals surface area contributed by atoms with Gasteiger partial charge in [0.25, 0.3) is 5.91 Å². The predicted molar refractivity (Wildman–Crippen MR) is 103 cm³/mol. The van der Waals surface area contributed by atoms with Crippen molar-refractivity contribution < 1.29 is 13.2 Å². The Bertz CT molecular complexity index is 974. The molecule has 0 bridgehead atoms. The fourth-order valence-corrected chi connectivity index (χ4v) is 4.53. The highest BCUT2D eigenvalue weighted by molar-refractivity contribution is 7.89. The molecular weight excluding hydrogens is 362 g/mol. The molecule has 2 N–H and O–H groups in total. The minimum Gasteiger partial charge on any atom is -0.322 e. The Kier molecular flexibility index (Phi) is 5.89. The van der Waals surface area contributed by atoms with Gasteiger partial charge in [-0.05, 0) is 49.2 Å². The van der Waals surface area contributed by atoms with E-state index in [0.717, 1.165) is 32.1 Å². The van der Waals surface area contributed by atoms with Gasteiger partial charge >= 0.3 is 0 Å². The lowest BCUT2D eigenvalue weighted by Gasteiger charge is -2.22. The first-order valence-electron chi connectivity index (χ1n) is 8.92. The number of amides is 1. The number of hydrogen-bond acceptors (Lipinski definition) is 4. The maximum Gasteiger partial charge on any atom is 0.255 e. The standard InChI is InChI=1S/C20H21N3O3S/c21-14-15-6-4-10-18(12-15)22-20(24)16-7-5-11-19(13-16)27(25,26)23-17-8-2-1-3-9-17/h4-7,10-13,17,23H,1-3,8-9H2,(H,22,24). The largest absolute Gasteiger partial charge is 0.322 e. The highest BCUT2D eigenvalue weighted by atomic mass is 32.2. The minimum absolute atomic E-state index is 0.0463. The third kappa shape index (κ3) is 4.94. The van der Waals surface area contributed by atoms with Crippen LogP contribution in [0, 0.1) is 11.3 Å². The van der Waals surface area contributed by atoms with Gasteiger partial charge in [0.1, 0.15) is 0 Å². The summed E-state index contributed by atoms with van der Waals surface area (Å²) in [7, 11) is -3.67. The third-order valence-corrected chi connectivity index (χ3v) is 6.10. The number of nitriles is 1. The second-order valence-electron chi connectivity index (χ2n) is 6.63. The van der Waals surface area contributed by atoms with Gasteiger partial charge in [-0.2, -0.15) is 5.26 Å². The highest BCUT2D eigenvalue weighted by Crippen LogP contribution is 2.21. The number of rotatable bonds is 5. The molecular formula is C20H21N3O3S. The van der Waals surface area contributed by atoms with Crippen molar-refractivity contribution in [3.05, 3.63) is 59.7 Å². The Hall–Kier alpha value is -2.69. The van der Waals surface area contributed by atoms with Crippen molar-refractivity contribution in [1.29, 1.82) is 5.26 Å². The zero-order valence-electron chi connectivity index (χ0n) is 14.8. The van der Waals surface area contributed by atoms with Crippen LogP contribution in [-0.4, -0.2) is 20.4 Å². The van der Waals surface area contributed by atoms with Crippen LogP contribution in [-0.2, 0) is 10.0 Å². The molecule has 0 saturated heterocycles. The molecule has 0 heterocycles. The summed E-state index contributed by atoms with van der Waals surface area (Å²) in [5, 5.41) is 11.6. The van der Waals surface area contributed by atoms with Gasteiger partial charge in [-0.25, -0.2) is 13.1 Å². The second kappa shape index (κ2) is 8.33. The molecule has 0 unspecified atom stereocenters. The maximum absolute atomic E-state index is 12.6. The van der Waals surface area contributed by atoms with E-state index in [9.17, 15) is 13.2 Å². The van der Waals surface area contributed by atoms with Crippen molar-refractivity contribution in [2.45, 2.75) is 43.0 Å². The smallest absolute Gasteiger partial charge is 0.255 e. The summed E-state index contributed by atoms with van der Waals surface area (Å²) < 4.78 is 28.0. The Morgan fingerprint density at radius 1 is 1.04 bits per heavy atom. The molecule has 0 aromatic heterocycles. The summed E-state index contributed by atoms with van der Waals surface area (Å²) in [5.41, 5.74) is 1.15. The third-order valence-electron chi connectivity index (χ3n) is 4.58. The zero-order valence-corrected chi connectivity index (χ0v) is 15.6. The molecule has 0 spiro atoms. The van der Waals surface area contributed by atoms with E-state index < -0.39 is 15.9 Å². The molecule has 1 aliphatic carbocycles. The zero-order chi connectivity index (χ0) is 19.3. The van der Waals surface area contributed by atoms with Crippen LogP contribution < -0.4 is 10.0 Å². The first-order valence-corrected chi connectivity index (χ1v) is 10.4. The highest BCUT2D eigenvalue weighted by Gasteiger charge is 2.22. The fraction of sp³-hybridized carbons (Fsp3) is 0.300. The van der Waals surface area contributed by atoms with E-state index in [2.05, 4.69) is 10.0 Å². The first-order chi connectivity index (χ1) is 13.0. The topological polar surface area (TPSA) is 99.1 Å². The summed E-state index contributed by atoms with van der Waals surface area (Å²) in [5.74, 6) is -0.431. The van der Waals surface area contributed by atoms with Crippen molar-refractivity contribution >= 4 is 21.6 Å². The summed E-state index contributed by atoms with van der Waals surface area (Å²) >= 11 is 0. The van der Waals surface area contributed by atoms with E-state index in [1.54, 1.807) is 36.4 Å². The molecule has 1 amide bonds. The lowest BCUT2D eigenvalue weighted by molar-refractivity contribution is 0.102. The second-order valence-corrected chi connectivity index (χ2v) is 8.34. The molecule has 1 saturated carbocycles. The van der Waals surface area contributed by atoms with Crippen LogP contribution in [0.1, 0.15) is 48.0 Å². The quantitative estimate of drug-likeness (QED) is 0.826. The van der Waals surface area contributed by atoms with E-state index in [1.807, 2.05) is 6.07 Å². The summed E-state index contributed by atoms with van der Waals surface area (Å²) in [6, 6.07) is 14.5. The molecule has 1 aliphatic rings. The van der Waals surface area contributed by atoms with E-state index in [0.29, 0.717) is 11.3 Å². The average molecular weight is 383 g/mol. The van der Waals surface area contributed by atoms with Crippen molar-refractivity contribution in [3.63, 3.8) is 0 Å². The SMILES string of the molecule is N#Cc1cccc(NC(=O)c2cccc(S(=O)(=O)NC3CCCCC3)c2)c1. The molecule has 27 heavy (non-hydrogen) atoms. The van der Waals surface area contributed by atoms with Gasteiger partial charge in [0.05, 0.1) is 16.5 Å². The van der Waals surface area contributed by atoms with E-state index >= 15 is 0 Å². The van der Waals surface area contributed by atoms with Gasteiger partial charge in [0.15, 0.2) is 0 Å². The van der Waals surface area contributed by atoms with Crippen LogP contribution in [0.25, 0.3) is 0 Å². The average Bonchev–Trinajstić information content (AvgIpc) is 2.68. The van der Waals surface area contributed by atoms with Crippen molar-refractivity contribution in [2.75, 3.05) is 5.32 Å². The summed E-state index contributed by atoms with van der Waals surface area (Å²) in [4.78, 5) is 12.5. The number of nitrogens with one attached hydrogen (secondary N) is 2. The molecule has 2 aromatic rings. The van der Waals surface area contributed by atoms with Crippen LogP contribution in [0.4, 0.5) is 5.69 Å². The van der Waals surface area contributed by atoms with E-state index in [-0.39, 0.29) is 16.5 Å². The number of hydrogen-bond donors (Lipinski definition) is 2. The van der Waals surface area contributed by atoms with E-state index in [4.69, 9.17) is 5.26 Å². The van der Waals surface area contributed by atoms with Crippen LogP contribution >= 0.6 is 0 Å². The monoisotopic (exact) mass is 383 g/mol. The lowest BCUT2D eigenvalue weighted by Crippen LogP contribution is -2.36. The summed E-state index contributed by atoms with van der Waals surface area (Å²) in [6.45, 7) is 0. The van der Waals surface area contributed by atoms with E-state index in [1.165, 1.54) is 12.1 Å². The number of carbonyl (C=O) groups excluding carboxylic acids is 1. The number of anilines is 1. The van der Waals surface area contributed by atoms with Crippen molar-refractivity contribution in [1.82, 2.24) is 4.72 Å². The molecule has 3 rings (SSSR count). The Morgan fingerprint density at radius 2 is 1.78 bits per heavy atom. The summed E-state index contributed by atoms with van der Waals surface area (Å²) in [6.07, 6.45) is 4.87. The van der Waals surface area contributed by atoms with Crippen LogP contribution in [0.2, 0.25) is 0 Å². The Balaban J connectivity index is 1.75. The minimum atomic E-state index is -3.67. The molecule has 0 radical (unpaired) electrons. The molecule has 6 nitrogen and oxygen atoms in total. The molecule has 1 fully saturated rings. The van der Waals surface area contributed by atoms with Crippen LogP contribution in [0.15, 0.2) is 53.4 Å². The van der Waals surface area contributed by atoms with Gasteiger partial charge in [-0.3, -0.25) is 4.79 Å². The molecule has 140 valence electrons. The van der Waals surface area contributed by atoms with Crippen LogP contribution in [0.3, 0.4) is 0 Å². The van der Waals surface area contributed by atoms with Gasteiger partial charge < -0.3 is 5.32 Å².